The Bertz CT molecular complexity index is 374. The molecule has 18 heavy (non-hydrogen) atoms. The lowest BCUT2D eigenvalue weighted by Crippen LogP contribution is -2.45. The molecule has 2 fully saturated rings. The minimum Gasteiger partial charge on any atom is -0.302 e. The van der Waals surface area contributed by atoms with E-state index in [9.17, 15) is 8.42 Å². The third-order valence-corrected chi connectivity index (χ3v) is 5.54. The number of rotatable bonds is 3. The molecule has 0 amide bonds. The normalized spacial score (nSPS) is 32.6. The Labute approximate surface area is 115 Å². The molecule has 2 atom stereocenters. The van der Waals surface area contributed by atoms with Crippen molar-refractivity contribution >= 4 is 21.6 Å². The molecule has 0 aliphatic carbocycles. The lowest BCUT2D eigenvalue weighted by Gasteiger charge is -2.36. The fourth-order valence-electron chi connectivity index (χ4n) is 3.01. The van der Waals surface area contributed by atoms with Crippen LogP contribution < -0.4 is 0 Å². The zero-order chi connectivity index (χ0) is 13.2. The van der Waals surface area contributed by atoms with Gasteiger partial charge in [-0.1, -0.05) is 0 Å². The van der Waals surface area contributed by atoms with Crippen LogP contribution in [0.5, 0.6) is 0 Å². The number of likely N-dealkylation sites (tertiary alicyclic amines) is 1. The van der Waals surface area contributed by atoms with Crippen LogP contribution in [-0.4, -0.2) is 62.0 Å². The molecule has 0 N–H and O–H groups in total. The SMILES string of the molecule is CS(=O)(=O)N1CCCC(CN2CCCC(Cl)C2)C1. The smallest absolute Gasteiger partial charge is 0.211 e. The maximum atomic E-state index is 11.6. The zero-order valence-corrected chi connectivity index (χ0v) is 12.6. The number of nitrogens with zero attached hydrogens (tertiary/aromatic N) is 2. The minimum atomic E-state index is -3.02. The Morgan fingerprint density at radius 3 is 2.56 bits per heavy atom. The van der Waals surface area contributed by atoms with Gasteiger partial charge in [0.1, 0.15) is 0 Å². The third-order valence-electron chi connectivity index (χ3n) is 3.92. The van der Waals surface area contributed by atoms with Crippen LogP contribution in [0.1, 0.15) is 25.7 Å². The molecule has 2 rings (SSSR count). The quantitative estimate of drug-likeness (QED) is 0.738. The molecule has 4 nitrogen and oxygen atoms in total. The third kappa shape index (κ3) is 4.08. The number of hydrogen-bond donors (Lipinski definition) is 0. The van der Waals surface area contributed by atoms with Crippen molar-refractivity contribution in [2.45, 2.75) is 31.1 Å². The van der Waals surface area contributed by atoms with E-state index >= 15 is 0 Å². The second-order valence-electron chi connectivity index (χ2n) is 5.63. The van der Waals surface area contributed by atoms with Crippen LogP contribution >= 0.6 is 11.6 Å². The Morgan fingerprint density at radius 1 is 1.17 bits per heavy atom. The van der Waals surface area contributed by atoms with Gasteiger partial charge in [0.15, 0.2) is 0 Å². The van der Waals surface area contributed by atoms with Gasteiger partial charge in [0.05, 0.1) is 6.26 Å². The molecule has 2 saturated heterocycles. The summed E-state index contributed by atoms with van der Waals surface area (Å²) in [6, 6.07) is 0. The Kier molecular flexibility index (Phi) is 4.92. The lowest BCUT2D eigenvalue weighted by molar-refractivity contribution is 0.160. The molecular weight excluding hydrogens is 272 g/mol. The fourth-order valence-corrected chi connectivity index (χ4v) is 4.30. The molecule has 0 spiro atoms. The van der Waals surface area contributed by atoms with E-state index in [0.717, 1.165) is 45.3 Å². The summed E-state index contributed by atoms with van der Waals surface area (Å²) in [5.41, 5.74) is 0. The number of hydrogen-bond acceptors (Lipinski definition) is 3. The standard InChI is InChI=1S/C12H23ClN2O2S/c1-18(16,17)15-7-2-4-11(9-15)8-14-6-3-5-12(13)10-14/h11-12H,2-10H2,1H3. The Hall–Kier alpha value is 0.160. The highest BCUT2D eigenvalue weighted by molar-refractivity contribution is 7.88. The summed E-state index contributed by atoms with van der Waals surface area (Å²) in [5.74, 6) is 0.468. The molecule has 6 heteroatoms. The van der Waals surface area contributed by atoms with Crippen LogP contribution in [-0.2, 0) is 10.0 Å². The van der Waals surface area contributed by atoms with Crippen LogP contribution in [0, 0.1) is 5.92 Å². The summed E-state index contributed by atoms with van der Waals surface area (Å²) in [7, 11) is -3.02. The summed E-state index contributed by atoms with van der Waals surface area (Å²) < 4.78 is 24.8. The Balaban J connectivity index is 1.86. The van der Waals surface area contributed by atoms with Crippen LogP contribution in [0.25, 0.3) is 0 Å². The molecule has 2 aliphatic heterocycles. The highest BCUT2D eigenvalue weighted by Gasteiger charge is 2.28. The van der Waals surface area contributed by atoms with Gasteiger partial charge in [-0.2, -0.15) is 0 Å². The summed E-state index contributed by atoms with van der Waals surface area (Å²) in [6.45, 7) is 4.43. The van der Waals surface area contributed by atoms with E-state index in [-0.39, 0.29) is 5.38 Å². The monoisotopic (exact) mass is 294 g/mol. The molecule has 0 bridgehead atoms. The first-order valence-electron chi connectivity index (χ1n) is 6.76. The summed E-state index contributed by atoms with van der Waals surface area (Å²) in [4.78, 5) is 2.40. The average Bonchev–Trinajstić information content (AvgIpc) is 2.28. The second-order valence-corrected chi connectivity index (χ2v) is 8.23. The maximum absolute atomic E-state index is 11.6. The van der Waals surface area contributed by atoms with E-state index in [2.05, 4.69) is 4.90 Å². The molecule has 0 aromatic rings. The van der Waals surface area contributed by atoms with Gasteiger partial charge in [0, 0.05) is 31.6 Å². The van der Waals surface area contributed by atoms with E-state index in [4.69, 9.17) is 11.6 Å². The number of piperidine rings is 2. The lowest BCUT2D eigenvalue weighted by atomic mass is 9.98. The van der Waals surface area contributed by atoms with Crippen molar-refractivity contribution in [1.29, 1.82) is 0 Å². The average molecular weight is 295 g/mol. The van der Waals surface area contributed by atoms with Crippen molar-refractivity contribution in [3.05, 3.63) is 0 Å². The molecule has 2 heterocycles. The van der Waals surface area contributed by atoms with Crippen molar-refractivity contribution in [2.24, 2.45) is 5.92 Å². The van der Waals surface area contributed by atoms with Crippen molar-refractivity contribution in [3.63, 3.8) is 0 Å². The van der Waals surface area contributed by atoms with E-state index in [1.54, 1.807) is 4.31 Å². The highest BCUT2D eigenvalue weighted by atomic mass is 35.5. The Morgan fingerprint density at radius 2 is 1.89 bits per heavy atom. The molecule has 2 unspecified atom stereocenters. The number of sulfonamides is 1. The molecule has 0 saturated carbocycles. The van der Waals surface area contributed by atoms with Crippen LogP contribution in [0.2, 0.25) is 0 Å². The zero-order valence-electron chi connectivity index (χ0n) is 11.0. The van der Waals surface area contributed by atoms with Crippen LogP contribution in [0.4, 0.5) is 0 Å². The summed E-state index contributed by atoms with van der Waals surface area (Å²) in [5, 5.41) is 0.272. The van der Waals surface area contributed by atoms with E-state index in [1.807, 2.05) is 0 Å². The summed E-state index contributed by atoms with van der Waals surface area (Å²) in [6.07, 6.45) is 5.70. The first kappa shape index (κ1) is 14.6. The largest absolute Gasteiger partial charge is 0.302 e. The van der Waals surface area contributed by atoms with Crippen molar-refractivity contribution in [2.75, 3.05) is 39.0 Å². The first-order valence-corrected chi connectivity index (χ1v) is 9.05. The predicted octanol–water partition coefficient (Wildman–Crippen LogP) is 1.36. The van der Waals surface area contributed by atoms with Crippen LogP contribution in [0.3, 0.4) is 0 Å². The van der Waals surface area contributed by atoms with Crippen molar-refractivity contribution < 1.29 is 8.42 Å². The van der Waals surface area contributed by atoms with Gasteiger partial charge in [0.2, 0.25) is 10.0 Å². The number of halogens is 1. The predicted molar refractivity (Wildman–Crippen MR) is 74.5 cm³/mol. The number of alkyl halides is 1. The van der Waals surface area contributed by atoms with Crippen molar-refractivity contribution in [3.8, 4) is 0 Å². The van der Waals surface area contributed by atoms with Gasteiger partial charge in [-0.25, -0.2) is 12.7 Å². The van der Waals surface area contributed by atoms with Gasteiger partial charge in [-0.3, -0.25) is 0 Å². The molecule has 2 aliphatic rings. The van der Waals surface area contributed by atoms with Gasteiger partial charge in [-0.15, -0.1) is 11.6 Å². The van der Waals surface area contributed by atoms with Gasteiger partial charge in [-0.05, 0) is 38.1 Å². The van der Waals surface area contributed by atoms with Gasteiger partial charge >= 0.3 is 0 Å². The first-order chi connectivity index (χ1) is 8.45. The molecule has 0 aromatic carbocycles. The second kappa shape index (κ2) is 6.07. The van der Waals surface area contributed by atoms with E-state index in [1.165, 1.54) is 6.26 Å². The van der Waals surface area contributed by atoms with Crippen molar-refractivity contribution in [1.82, 2.24) is 9.21 Å². The molecule has 106 valence electrons. The molecular formula is C12H23ClN2O2S. The highest BCUT2D eigenvalue weighted by Crippen LogP contribution is 2.22. The van der Waals surface area contributed by atoms with E-state index in [0.29, 0.717) is 19.0 Å². The van der Waals surface area contributed by atoms with Gasteiger partial charge < -0.3 is 4.90 Å². The minimum absolute atomic E-state index is 0.272. The topological polar surface area (TPSA) is 40.6 Å². The fraction of sp³-hybridized carbons (Fsp3) is 1.00. The maximum Gasteiger partial charge on any atom is 0.211 e. The van der Waals surface area contributed by atoms with Crippen LogP contribution in [0.15, 0.2) is 0 Å². The van der Waals surface area contributed by atoms with E-state index < -0.39 is 10.0 Å². The molecule has 0 radical (unpaired) electrons. The molecule has 0 aromatic heterocycles. The van der Waals surface area contributed by atoms with Gasteiger partial charge in [0.25, 0.3) is 0 Å². The summed E-state index contributed by atoms with van der Waals surface area (Å²) >= 11 is 6.18.